The van der Waals surface area contributed by atoms with E-state index in [-0.39, 0.29) is 12.0 Å². The highest BCUT2D eigenvalue weighted by Crippen LogP contribution is 2.42. The van der Waals surface area contributed by atoms with Crippen LogP contribution in [-0.4, -0.2) is 12.1 Å². The lowest BCUT2D eigenvalue weighted by Gasteiger charge is -2.15. The van der Waals surface area contributed by atoms with Crippen LogP contribution < -0.4 is 9.47 Å². The maximum atomic E-state index is 6.12. The number of hydrogen-bond acceptors (Lipinski definition) is 4. The Hall–Kier alpha value is -2.56. The summed E-state index contributed by atoms with van der Waals surface area (Å²) >= 11 is 6.09. The fourth-order valence-corrected chi connectivity index (χ4v) is 3.29. The highest BCUT2D eigenvalue weighted by atomic mass is 35.5. The lowest BCUT2D eigenvalue weighted by Crippen LogP contribution is -2.02. The Labute approximate surface area is 157 Å². The average Bonchev–Trinajstić information content (AvgIpc) is 3.13. The molecule has 26 heavy (non-hydrogen) atoms. The van der Waals surface area contributed by atoms with E-state index >= 15 is 0 Å². The van der Waals surface area contributed by atoms with Gasteiger partial charge in [-0.1, -0.05) is 30.3 Å². The zero-order valence-electron chi connectivity index (χ0n) is 14.3. The van der Waals surface area contributed by atoms with Gasteiger partial charge in [0.2, 0.25) is 0 Å². The van der Waals surface area contributed by atoms with Gasteiger partial charge in [-0.25, -0.2) is 0 Å². The van der Waals surface area contributed by atoms with Crippen LogP contribution >= 0.6 is 11.6 Å². The summed E-state index contributed by atoms with van der Waals surface area (Å²) in [5.74, 6) is 2.54. The Bertz CT molecular complexity index is 897. The lowest BCUT2D eigenvalue weighted by atomic mass is 10.00. The molecule has 4 nitrogen and oxygen atoms in total. The second-order valence-corrected chi connectivity index (χ2v) is 6.25. The molecule has 1 aliphatic heterocycles. The van der Waals surface area contributed by atoms with Crippen molar-refractivity contribution in [2.24, 2.45) is 0 Å². The molecule has 5 heteroatoms. The molecule has 1 aromatic heterocycles. The van der Waals surface area contributed by atoms with Crippen molar-refractivity contribution in [3.05, 3.63) is 83.2 Å². The minimum atomic E-state index is -0.175. The minimum Gasteiger partial charge on any atom is -0.497 e. The second-order valence-electron chi connectivity index (χ2n) is 5.98. The molecule has 0 N–H and O–H groups in total. The fraction of sp³-hybridized carbons (Fsp3) is 0.190. The Morgan fingerprint density at radius 2 is 1.85 bits per heavy atom. The van der Waals surface area contributed by atoms with Gasteiger partial charge in [0.25, 0.3) is 0 Å². The van der Waals surface area contributed by atoms with Gasteiger partial charge in [0.05, 0.1) is 25.3 Å². The molecule has 1 aliphatic rings. The highest BCUT2D eigenvalue weighted by molar-refractivity contribution is 6.17. The number of aromatic nitrogens is 1. The van der Waals surface area contributed by atoms with Crippen LogP contribution in [0.3, 0.4) is 0 Å². The maximum Gasteiger partial charge on any atom is 0.156 e. The molecule has 0 aliphatic carbocycles. The summed E-state index contributed by atoms with van der Waals surface area (Å²) in [6, 6.07) is 17.5. The van der Waals surface area contributed by atoms with Crippen molar-refractivity contribution >= 4 is 11.6 Å². The molecule has 0 spiro atoms. The van der Waals surface area contributed by atoms with Gasteiger partial charge in [-0.2, -0.15) is 0 Å². The third-order valence-electron chi connectivity index (χ3n) is 4.43. The number of methoxy groups -OCH3 is 1. The SMILES string of the molecule is COc1ccc(C2OCc3c2cnc(CCl)c3Oc2ccccc2)cc1. The standard InChI is InChI=1S/C21H18ClNO3/c1-24-15-9-7-14(8-10-15)20-17-12-23-19(11-22)21(18(17)13-25-20)26-16-5-3-2-4-6-16/h2-10,12,20H,11,13H2,1H3. The van der Waals surface area contributed by atoms with Crippen molar-refractivity contribution in [2.75, 3.05) is 7.11 Å². The number of halogens is 1. The van der Waals surface area contributed by atoms with E-state index in [0.717, 1.165) is 28.2 Å². The van der Waals surface area contributed by atoms with Crippen LogP contribution in [0.4, 0.5) is 0 Å². The van der Waals surface area contributed by atoms with Crippen LogP contribution in [0.15, 0.2) is 60.8 Å². The maximum absolute atomic E-state index is 6.12. The molecule has 3 aromatic rings. The van der Waals surface area contributed by atoms with Gasteiger partial charge in [-0.15, -0.1) is 11.6 Å². The topological polar surface area (TPSA) is 40.6 Å². The van der Waals surface area contributed by atoms with E-state index in [1.54, 1.807) is 7.11 Å². The minimum absolute atomic E-state index is 0.175. The van der Waals surface area contributed by atoms with Crippen molar-refractivity contribution in [1.82, 2.24) is 4.98 Å². The molecule has 0 saturated heterocycles. The Morgan fingerprint density at radius 3 is 2.54 bits per heavy atom. The van der Waals surface area contributed by atoms with Crippen LogP contribution in [0, 0.1) is 0 Å². The van der Waals surface area contributed by atoms with Crippen LogP contribution in [-0.2, 0) is 17.2 Å². The molecule has 0 bridgehead atoms. The summed E-state index contributed by atoms with van der Waals surface area (Å²) in [6.45, 7) is 0.459. The van der Waals surface area contributed by atoms with E-state index in [1.165, 1.54) is 0 Å². The van der Waals surface area contributed by atoms with E-state index in [4.69, 9.17) is 25.8 Å². The van der Waals surface area contributed by atoms with Gasteiger partial charge in [0, 0.05) is 17.3 Å². The predicted octanol–water partition coefficient (Wildman–Crippen LogP) is 5.24. The van der Waals surface area contributed by atoms with Gasteiger partial charge in [0.15, 0.2) is 5.75 Å². The zero-order valence-corrected chi connectivity index (χ0v) is 15.1. The quantitative estimate of drug-likeness (QED) is 0.578. The molecule has 2 heterocycles. The summed E-state index contributed by atoms with van der Waals surface area (Å²) in [5, 5.41) is 0. The van der Waals surface area contributed by atoms with Crippen LogP contribution in [0.25, 0.3) is 0 Å². The number of para-hydroxylation sites is 1. The average molecular weight is 368 g/mol. The summed E-state index contributed by atoms with van der Waals surface area (Å²) in [6.07, 6.45) is 1.66. The fourth-order valence-electron chi connectivity index (χ4n) is 3.10. The lowest BCUT2D eigenvalue weighted by molar-refractivity contribution is 0.0933. The molecule has 0 fully saturated rings. The molecule has 0 saturated carbocycles. The van der Waals surface area contributed by atoms with Gasteiger partial charge in [0.1, 0.15) is 17.6 Å². The van der Waals surface area contributed by atoms with Crippen LogP contribution in [0.5, 0.6) is 17.2 Å². The number of alkyl halides is 1. The third-order valence-corrected chi connectivity index (χ3v) is 4.68. The van der Waals surface area contributed by atoms with Crippen LogP contribution in [0.2, 0.25) is 0 Å². The molecule has 0 radical (unpaired) electrons. The normalized spacial score (nSPS) is 15.5. The highest BCUT2D eigenvalue weighted by Gasteiger charge is 2.30. The number of rotatable bonds is 5. The number of pyridine rings is 1. The van der Waals surface area contributed by atoms with Crippen molar-refractivity contribution in [3.8, 4) is 17.2 Å². The molecule has 4 rings (SSSR count). The molecule has 1 unspecified atom stereocenters. The number of fused-ring (bicyclic) bond motifs is 1. The van der Waals surface area contributed by atoms with E-state index in [0.29, 0.717) is 18.1 Å². The summed E-state index contributed by atoms with van der Waals surface area (Å²) in [5.41, 5.74) is 3.78. The Morgan fingerprint density at radius 1 is 1.08 bits per heavy atom. The smallest absolute Gasteiger partial charge is 0.156 e. The summed E-state index contributed by atoms with van der Waals surface area (Å²) in [4.78, 5) is 4.51. The van der Waals surface area contributed by atoms with Gasteiger partial charge < -0.3 is 14.2 Å². The van der Waals surface area contributed by atoms with E-state index in [2.05, 4.69) is 4.98 Å². The predicted molar refractivity (Wildman–Crippen MR) is 99.9 cm³/mol. The summed E-state index contributed by atoms with van der Waals surface area (Å²) < 4.78 is 17.4. The monoisotopic (exact) mass is 367 g/mol. The zero-order chi connectivity index (χ0) is 17.9. The van der Waals surface area contributed by atoms with Crippen LogP contribution in [0.1, 0.15) is 28.5 Å². The van der Waals surface area contributed by atoms with E-state index < -0.39 is 0 Å². The molecular weight excluding hydrogens is 350 g/mol. The number of benzene rings is 2. The van der Waals surface area contributed by atoms with E-state index in [9.17, 15) is 0 Å². The largest absolute Gasteiger partial charge is 0.497 e. The first-order valence-electron chi connectivity index (χ1n) is 8.35. The molecule has 0 amide bonds. The molecule has 2 aromatic carbocycles. The first-order chi connectivity index (χ1) is 12.8. The van der Waals surface area contributed by atoms with Gasteiger partial charge in [-0.3, -0.25) is 4.98 Å². The van der Waals surface area contributed by atoms with Crippen molar-refractivity contribution in [3.63, 3.8) is 0 Å². The van der Waals surface area contributed by atoms with Crippen molar-refractivity contribution in [2.45, 2.75) is 18.6 Å². The second kappa shape index (κ2) is 7.36. The number of ether oxygens (including phenoxy) is 3. The van der Waals surface area contributed by atoms with Crippen molar-refractivity contribution < 1.29 is 14.2 Å². The molecule has 132 valence electrons. The molecule has 1 atom stereocenters. The van der Waals surface area contributed by atoms with Crippen molar-refractivity contribution in [1.29, 1.82) is 0 Å². The van der Waals surface area contributed by atoms with Gasteiger partial charge >= 0.3 is 0 Å². The third kappa shape index (κ3) is 3.14. The Balaban J connectivity index is 1.72. The first-order valence-corrected chi connectivity index (χ1v) is 8.88. The number of hydrogen-bond donors (Lipinski definition) is 0. The molecular formula is C21H18ClNO3. The van der Waals surface area contributed by atoms with E-state index in [1.807, 2.05) is 60.8 Å². The van der Waals surface area contributed by atoms with Gasteiger partial charge in [-0.05, 0) is 29.8 Å². The number of nitrogens with zero attached hydrogens (tertiary/aromatic N) is 1. The first kappa shape index (κ1) is 16.9. The summed E-state index contributed by atoms with van der Waals surface area (Å²) in [7, 11) is 1.65. The Kier molecular flexibility index (Phi) is 4.78.